The zero-order chi connectivity index (χ0) is 14.2. The van der Waals surface area contributed by atoms with Crippen molar-refractivity contribution in [2.24, 2.45) is 0 Å². The van der Waals surface area contributed by atoms with E-state index in [4.69, 9.17) is 0 Å². The predicted octanol–water partition coefficient (Wildman–Crippen LogP) is 2.17. The van der Waals surface area contributed by atoms with E-state index in [1.807, 2.05) is 19.1 Å². The van der Waals surface area contributed by atoms with Crippen molar-refractivity contribution in [2.45, 2.75) is 12.5 Å². The molecule has 0 saturated heterocycles. The van der Waals surface area contributed by atoms with Gasteiger partial charge in [0.05, 0.1) is 0 Å². The molecule has 1 atom stereocenters. The van der Waals surface area contributed by atoms with E-state index in [-0.39, 0.29) is 5.91 Å². The van der Waals surface area contributed by atoms with Crippen molar-refractivity contribution in [2.75, 3.05) is 10.6 Å². The van der Waals surface area contributed by atoms with E-state index in [1.165, 1.54) is 0 Å². The van der Waals surface area contributed by atoms with Crippen molar-refractivity contribution in [1.29, 1.82) is 5.26 Å². The Labute approximate surface area is 116 Å². The lowest BCUT2D eigenvalue weighted by molar-refractivity contribution is -0.118. The molecule has 1 aliphatic rings. The van der Waals surface area contributed by atoms with Gasteiger partial charge in [-0.2, -0.15) is 5.26 Å². The molecular weight excluding hydrogens is 252 g/mol. The van der Waals surface area contributed by atoms with E-state index >= 15 is 0 Å². The zero-order valence-corrected chi connectivity index (χ0v) is 10.8. The number of rotatable bonds is 2. The monoisotopic (exact) mass is 264 g/mol. The Balaban J connectivity index is 2.09. The number of aromatic nitrogens is 1. The van der Waals surface area contributed by atoms with Crippen molar-refractivity contribution in [1.82, 2.24) is 4.98 Å². The highest BCUT2D eigenvalue weighted by Crippen LogP contribution is 2.37. The molecule has 2 heterocycles. The van der Waals surface area contributed by atoms with Crippen molar-refractivity contribution in [3.63, 3.8) is 0 Å². The number of carbonyl (C=O) groups is 1. The fraction of sp³-hybridized carbons (Fsp3) is 0.133. The minimum Gasteiger partial charge on any atom is -0.341 e. The molecule has 0 bridgehead atoms. The summed E-state index contributed by atoms with van der Waals surface area (Å²) in [7, 11) is 0. The van der Waals surface area contributed by atoms with Crippen LogP contribution in [0.1, 0.15) is 11.1 Å². The Morgan fingerprint density at radius 1 is 1.35 bits per heavy atom. The second kappa shape index (κ2) is 4.35. The summed E-state index contributed by atoms with van der Waals surface area (Å²) in [5.74, 6) is 0.114. The fourth-order valence-electron chi connectivity index (χ4n) is 2.32. The molecule has 0 spiro atoms. The normalized spacial score (nSPS) is 19.9. The number of nitrogens with zero attached hydrogens (tertiary/aromatic N) is 2. The van der Waals surface area contributed by atoms with Crippen LogP contribution in [0.15, 0.2) is 42.6 Å². The van der Waals surface area contributed by atoms with Crippen LogP contribution in [0, 0.1) is 18.3 Å². The summed E-state index contributed by atoms with van der Waals surface area (Å²) >= 11 is 0. The molecule has 1 unspecified atom stereocenters. The van der Waals surface area contributed by atoms with Crippen molar-refractivity contribution in [3.05, 3.63) is 53.7 Å². The number of hydrogen-bond donors (Lipinski definition) is 2. The third-order valence-corrected chi connectivity index (χ3v) is 3.32. The largest absolute Gasteiger partial charge is 0.341 e. The molecule has 5 heteroatoms. The number of hydrogen-bond acceptors (Lipinski definition) is 4. The van der Waals surface area contributed by atoms with Gasteiger partial charge < -0.3 is 10.6 Å². The van der Waals surface area contributed by atoms with Gasteiger partial charge in [-0.1, -0.05) is 18.2 Å². The van der Waals surface area contributed by atoms with Gasteiger partial charge in [-0.15, -0.1) is 0 Å². The number of pyridine rings is 1. The van der Waals surface area contributed by atoms with E-state index in [2.05, 4.69) is 21.7 Å². The highest BCUT2D eigenvalue weighted by atomic mass is 16.2. The molecule has 20 heavy (non-hydrogen) atoms. The summed E-state index contributed by atoms with van der Waals surface area (Å²) in [6.07, 6.45) is 1.64. The molecule has 1 amide bonds. The highest BCUT2D eigenvalue weighted by molar-refractivity contribution is 6.09. The minimum absolute atomic E-state index is 0.385. The summed E-state index contributed by atoms with van der Waals surface area (Å²) in [6, 6.07) is 12.9. The molecule has 2 N–H and O–H groups in total. The van der Waals surface area contributed by atoms with Crippen LogP contribution in [-0.4, -0.2) is 10.9 Å². The van der Waals surface area contributed by atoms with E-state index < -0.39 is 5.54 Å². The third kappa shape index (κ3) is 1.70. The maximum absolute atomic E-state index is 12.2. The molecule has 0 radical (unpaired) electrons. The number of aryl methyl sites for hydroxylation is 1. The van der Waals surface area contributed by atoms with Crippen LogP contribution >= 0.6 is 0 Å². The molecule has 1 aromatic carbocycles. The van der Waals surface area contributed by atoms with Crippen molar-refractivity contribution >= 4 is 17.4 Å². The van der Waals surface area contributed by atoms with Gasteiger partial charge >= 0.3 is 0 Å². The smallest absolute Gasteiger partial charge is 0.269 e. The molecule has 0 saturated carbocycles. The number of nitrogens with one attached hydrogen (secondary N) is 2. The number of nitriles is 1. The quantitative estimate of drug-likeness (QED) is 0.871. The number of benzene rings is 1. The number of anilines is 2. The van der Waals surface area contributed by atoms with Crippen LogP contribution in [0.2, 0.25) is 0 Å². The van der Waals surface area contributed by atoms with Gasteiger partial charge in [0.15, 0.2) is 0 Å². The molecule has 1 aromatic heterocycles. The molecule has 0 fully saturated rings. The lowest BCUT2D eigenvalue weighted by Gasteiger charge is -2.21. The first kappa shape index (κ1) is 12.2. The van der Waals surface area contributed by atoms with Gasteiger partial charge in [-0.25, -0.2) is 4.98 Å². The number of amides is 1. The molecule has 2 aromatic rings. The van der Waals surface area contributed by atoms with E-state index in [0.29, 0.717) is 17.1 Å². The first-order valence-corrected chi connectivity index (χ1v) is 6.19. The third-order valence-electron chi connectivity index (χ3n) is 3.32. The predicted molar refractivity (Wildman–Crippen MR) is 75.0 cm³/mol. The lowest BCUT2D eigenvalue weighted by Crippen LogP contribution is -2.41. The second-order valence-corrected chi connectivity index (χ2v) is 4.70. The van der Waals surface area contributed by atoms with Gasteiger partial charge in [-0.3, -0.25) is 4.79 Å². The Hall–Kier alpha value is -2.87. The first-order chi connectivity index (χ1) is 9.65. The minimum atomic E-state index is -1.43. The molecular formula is C15H12N4O. The average Bonchev–Trinajstić information content (AvgIpc) is 2.72. The van der Waals surface area contributed by atoms with E-state index in [0.717, 1.165) is 5.56 Å². The maximum Gasteiger partial charge on any atom is 0.269 e. The molecule has 0 aliphatic carbocycles. The van der Waals surface area contributed by atoms with Crippen LogP contribution in [0.4, 0.5) is 11.5 Å². The van der Waals surface area contributed by atoms with Crippen LogP contribution in [0.25, 0.3) is 0 Å². The summed E-state index contributed by atoms with van der Waals surface area (Å²) < 4.78 is 0. The Morgan fingerprint density at radius 2 is 2.15 bits per heavy atom. The summed E-state index contributed by atoms with van der Waals surface area (Å²) in [5.41, 5.74) is 0.842. The molecule has 1 aliphatic heterocycles. The van der Waals surface area contributed by atoms with Gasteiger partial charge in [0.1, 0.15) is 11.9 Å². The first-order valence-electron chi connectivity index (χ1n) is 6.19. The van der Waals surface area contributed by atoms with Gasteiger partial charge in [-0.05, 0) is 30.7 Å². The summed E-state index contributed by atoms with van der Waals surface area (Å²) in [6.45, 7) is 1.93. The SMILES string of the molecule is Cc1ccnc(NC2(C#N)C(=O)Nc3ccccc32)c1. The van der Waals surface area contributed by atoms with Gasteiger partial charge in [0, 0.05) is 17.4 Å². The van der Waals surface area contributed by atoms with Crippen LogP contribution in [0.5, 0.6) is 0 Å². The van der Waals surface area contributed by atoms with Crippen molar-refractivity contribution in [3.8, 4) is 6.07 Å². The topological polar surface area (TPSA) is 77.8 Å². The van der Waals surface area contributed by atoms with E-state index in [1.54, 1.807) is 30.5 Å². The maximum atomic E-state index is 12.2. The van der Waals surface area contributed by atoms with Gasteiger partial charge in [0.2, 0.25) is 5.54 Å². The van der Waals surface area contributed by atoms with E-state index in [9.17, 15) is 10.1 Å². The Bertz CT molecular complexity index is 735. The second-order valence-electron chi connectivity index (χ2n) is 4.70. The van der Waals surface area contributed by atoms with Crippen molar-refractivity contribution < 1.29 is 4.79 Å². The Kier molecular flexibility index (Phi) is 2.65. The number of carbonyl (C=O) groups excluding carboxylic acids is 1. The molecule has 98 valence electrons. The highest BCUT2D eigenvalue weighted by Gasteiger charge is 2.47. The summed E-state index contributed by atoms with van der Waals surface area (Å²) in [5, 5.41) is 15.3. The Morgan fingerprint density at radius 3 is 2.90 bits per heavy atom. The van der Waals surface area contributed by atoms with Crippen LogP contribution in [-0.2, 0) is 10.3 Å². The lowest BCUT2D eigenvalue weighted by atomic mass is 9.93. The molecule has 3 rings (SSSR count). The number of fused-ring (bicyclic) bond motifs is 1. The van der Waals surface area contributed by atoms with Gasteiger partial charge in [0.25, 0.3) is 5.91 Å². The number of para-hydroxylation sites is 1. The molecule has 5 nitrogen and oxygen atoms in total. The van der Waals surface area contributed by atoms with Crippen LogP contribution in [0.3, 0.4) is 0 Å². The summed E-state index contributed by atoms with van der Waals surface area (Å²) in [4.78, 5) is 16.4. The average molecular weight is 264 g/mol. The van der Waals surface area contributed by atoms with Crippen LogP contribution < -0.4 is 10.6 Å². The standard InChI is InChI=1S/C15H12N4O/c1-10-6-7-17-13(8-10)19-15(9-16)11-4-2-3-5-12(11)18-14(15)20/h2-8H,1H3,(H,17,19)(H,18,20). The fourth-order valence-corrected chi connectivity index (χ4v) is 2.32. The zero-order valence-electron chi connectivity index (χ0n) is 10.8.